The van der Waals surface area contributed by atoms with Crippen molar-refractivity contribution in [2.75, 3.05) is 0 Å². The first-order valence-electron chi connectivity index (χ1n) is 6.82. The Morgan fingerprint density at radius 1 is 1.41 bits per heavy atom. The van der Waals surface area contributed by atoms with Crippen molar-refractivity contribution < 1.29 is 22.5 Å². The second-order valence-corrected chi connectivity index (χ2v) is 7.18. The summed E-state index contributed by atoms with van der Waals surface area (Å²) in [6.45, 7) is 7.09. The van der Waals surface area contributed by atoms with Crippen LogP contribution in [0, 0.1) is 0 Å². The molecule has 1 aliphatic rings. The van der Waals surface area contributed by atoms with Gasteiger partial charge in [0.1, 0.15) is 6.10 Å². The van der Waals surface area contributed by atoms with Crippen LogP contribution < -0.4 is 0 Å². The van der Waals surface area contributed by atoms with E-state index in [0.29, 0.717) is 16.3 Å². The lowest BCUT2D eigenvalue weighted by Gasteiger charge is -2.33. The molecule has 0 aromatic heterocycles. The maximum absolute atomic E-state index is 12.1. The molecule has 6 nitrogen and oxygen atoms in total. The Labute approximate surface area is 130 Å². The van der Waals surface area contributed by atoms with Crippen LogP contribution in [-0.4, -0.2) is 35.6 Å². The summed E-state index contributed by atoms with van der Waals surface area (Å²) in [4.78, 5) is 11.4. The highest BCUT2D eigenvalue weighted by atomic mass is 32.2. The van der Waals surface area contributed by atoms with E-state index in [1.807, 2.05) is 30.3 Å². The first-order chi connectivity index (χ1) is 10.2. The fraction of sp³-hybridized carbons (Fsp3) is 0.400. The molecule has 0 radical (unpaired) electrons. The average Bonchev–Trinajstić information content (AvgIpc) is 2.55. The fourth-order valence-corrected chi connectivity index (χ4v) is 4.41. The van der Waals surface area contributed by atoms with Crippen molar-refractivity contribution in [3.63, 3.8) is 0 Å². The van der Waals surface area contributed by atoms with E-state index < -0.39 is 28.0 Å². The number of hydrogen-bond acceptors (Lipinski definition) is 4. The van der Waals surface area contributed by atoms with Crippen LogP contribution >= 0.6 is 0 Å². The molecule has 1 aromatic carbocycles. The van der Waals surface area contributed by atoms with Crippen molar-refractivity contribution in [2.24, 2.45) is 0 Å². The first kappa shape index (κ1) is 16.5. The Morgan fingerprint density at radius 2 is 2.00 bits per heavy atom. The minimum Gasteiger partial charge on any atom is -0.464 e. The first-order valence-corrected chi connectivity index (χ1v) is 8.18. The molecular formula is C15H19NO5S. The maximum atomic E-state index is 12.1. The monoisotopic (exact) mass is 325 g/mol. The Hall–Kier alpha value is -1.86. The summed E-state index contributed by atoms with van der Waals surface area (Å²) in [5, 5.41) is 9.32. The number of carbonyl (C=O) groups is 1. The number of hydrogen-bond donors (Lipinski definition) is 1. The standard InChI is InChI=1S/C15H19NO5S/c1-11(2)10-15(3)13(9-12-7-5-4-6-8-12)21-22(19,20)16(15)14(17)18/h4-8,13H,1,9-10H2,2-3H3,(H,17,18)/t13?,15-/m1/s1. The molecule has 2 atom stereocenters. The minimum atomic E-state index is -4.32. The third-order valence-corrected chi connectivity index (χ3v) is 5.21. The van der Waals surface area contributed by atoms with E-state index >= 15 is 0 Å². The Morgan fingerprint density at radius 3 is 2.50 bits per heavy atom. The van der Waals surface area contributed by atoms with Crippen molar-refractivity contribution >= 4 is 16.4 Å². The number of nitrogens with zero attached hydrogens (tertiary/aromatic N) is 1. The van der Waals surface area contributed by atoms with E-state index in [1.54, 1.807) is 13.8 Å². The molecule has 1 N–H and O–H groups in total. The smallest absolute Gasteiger partial charge is 0.423 e. The molecule has 1 unspecified atom stereocenters. The third kappa shape index (κ3) is 3.00. The molecule has 7 heteroatoms. The van der Waals surface area contributed by atoms with Gasteiger partial charge >= 0.3 is 16.4 Å². The second-order valence-electron chi connectivity index (χ2n) is 5.77. The SMILES string of the molecule is C=C(C)C[C@]1(C)C(Cc2ccccc2)OS(=O)(=O)N1C(=O)O. The van der Waals surface area contributed by atoms with Crippen molar-refractivity contribution in [1.82, 2.24) is 4.31 Å². The van der Waals surface area contributed by atoms with Gasteiger partial charge in [0.25, 0.3) is 0 Å². The highest BCUT2D eigenvalue weighted by molar-refractivity contribution is 7.85. The highest BCUT2D eigenvalue weighted by Crippen LogP contribution is 2.40. The van der Waals surface area contributed by atoms with Crippen molar-refractivity contribution in [1.29, 1.82) is 0 Å². The van der Waals surface area contributed by atoms with Gasteiger partial charge in [-0.2, -0.15) is 12.7 Å². The third-order valence-electron chi connectivity index (χ3n) is 3.72. The molecule has 1 heterocycles. The molecule has 1 saturated heterocycles. The molecule has 1 fully saturated rings. The van der Waals surface area contributed by atoms with Gasteiger partial charge < -0.3 is 5.11 Å². The largest absolute Gasteiger partial charge is 0.464 e. The number of benzene rings is 1. The van der Waals surface area contributed by atoms with E-state index in [-0.39, 0.29) is 6.42 Å². The van der Waals surface area contributed by atoms with Gasteiger partial charge in [-0.1, -0.05) is 35.9 Å². The summed E-state index contributed by atoms with van der Waals surface area (Å²) in [5.74, 6) is 0. The lowest BCUT2D eigenvalue weighted by atomic mass is 9.84. The second kappa shape index (κ2) is 5.73. The van der Waals surface area contributed by atoms with Gasteiger partial charge in [-0.25, -0.2) is 8.98 Å². The Balaban J connectivity index is 2.43. The number of rotatable bonds is 4. The fourth-order valence-electron chi connectivity index (χ4n) is 2.87. The van der Waals surface area contributed by atoms with Crippen LogP contribution in [-0.2, 0) is 20.9 Å². The molecule has 1 aromatic rings. The zero-order chi connectivity index (χ0) is 16.5. The predicted molar refractivity (Wildman–Crippen MR) is 81.6 cm³/mol. The van der Waals surface area contributed by atoms with E-state index in [0.717, 1.165) is 5.56 Å². The molecule has 1 aliphatic heterocycles. The molecule has 0 saturated carbocycles. The summed E-state index contributed by atoms with van der Waals surface area (Å²) in [5.41, 5.74) is 0.349. The summed E-state index contributed by atoms with van der Waals surface area (Å²) < 4.78 is 29.7. The average molecular weight is 325 g/mol. The Kier molecular flexibility index (Phi) is 4.30. The van der Waals surface area contributed by atoms with Crippen LogP contribution in [0.15, 0.2) is 42.5 Å². The maximum Gasteiger partial charge on any atom is 0.423 e. The van der Waals surface area contributed by atoms with Gasteiger partial charge in [0, 0.05) is 6.42 Å². The van der Waals surface area contributed by atoms with Crippen LogP contribution in [0.1, 0.15) is 25.8 Å². The minimum absolute atomic E-state index is 0.204. The van der Waals surface area contributed by atoms with Crippen molar-refractivity contribution in [3.05, 3.63) is 48.0 Å². The molecule has 0 spiro atoms. The quantitative estimate of drug-likeness (QED) is 0.860. The van der Waals surface area contributed by atoms with Crippen LogP contribution in [0.3, 0.4) is 0 Å². The van der Waals surface area contributed by atoms with Crippen LogP contribution in [0.5, 0.6) is 0 Å². The molecule has 120 valence electrons. The van der Waals surface area contributed by atoms with Gasteiger partial charge in [0.15, 0.2) is 0 Å². The number of carboxylic acid groups (broad SMARTS) is 1. The van der Waals surface area contributed by atoms with Crippen LogP contribution in [0.4, 0.5) is 4.79 Å². The number of amides is 1. The summed E-state index contributed by atoms with van der Waals surface area (Å²) in [6.07, 6.45) is -1.84. The molecule has 0 bridgehead atoms. The highest BCUT2D eigenvalue weighted by Gasteiger charge is 2.57. The molecule has 2 rings (SSSR count). The van der Waals surface area contributed by atoms with Crippen LogP contribution in [0.25, 0.3) is 0 Å². The molecule has 1 amide bonds. The van der Waals surface area contributed by atoms with E-state index in [1.165, 1.54) is 0 Å². The van der Waals surface area contributed by atoms with E-state index in [4.69, 9.17) is 4.18 Å². The van der Waals surface area contributed by atoms with Gasteiger partial charge in [0.05, 0.1) is 5.54 Å². The molecular weight excluding hydrogens is 306 g/mol. The summed E-state index contributed by atoms with van der Waals surface area (Å²) in [7, 11) is -4.32. The zero-order valence-corrected chi connectivity index (χ0v) is 13.3. The molecule has 0 aliphatic carbocycles. The van der Waals surface area contributed by atoms with Gasteiger partial charge in [-0.05, 0) is 25.8 Å². The van der Waals surface area contributed by atoms with E-state index in [9.17, 15) is 18.3 Å². The van der Waals surface area contributed by atoms with Gasteiger partial charge in [-0.3, -0.25) is 0 Å². The zero-order valence-electron chi connectivity index (χ0n) is 12.5. The van der Waals surface area contributed by atoms with Crippen molar-refractivity contribution in [2.45, 2.75) is 38.3 Å². The Bertz CT molecular complexity index is 685. The summed E-state index contributed by atoms with van der Waals surface area (Å²) in [6, 6.07) is 9.22. The lowest BCUT2D eigenvalue weighted by Crippen LogP contribution is -2.51. The normalized spacial score (nSPS) is 26.8. The molecule has 22 heavy (non-hydrogen) atoms. The van der Waals surface area contributed by atoms with Crippen molar-refractivity contribution in [3.8, 4) is 0 Å². The topological polar surface area (TPSA) is 83.9 Å². The predicted octanol–water partition coefficient (Wildman–Crippen LogP) is 2.58. The van der Waals surface area contributed by atoms with Gasteiger partial charge in [0.2, 0.25) is 0 Å². The van der Waals surface area contributed by atoms with E-state index in [2.05, 4.69) is 6.58 Å². The van der Waals surface area contributed by atoms with Gasteiger partial charge in [-0.15, -0.1) is 6.58 Å². The summed E-state index contributed by atoms with van der Waals surface area (Å²) >= 11 is 0. The van der Waals surface area contributed by atoms with Crippen LogP contribution in [0.2, 0.25) is 0 Å². The lowest BCUT2D eigenvalue weighted by molar-refractivity contribution is 0.100.